The van der Waals surface area contributed by atoms with Crippen LogP contribution in [0.25, 0.3) is 0 Å². The summed E-state index contributed by atoms with van der Waals surface area (Å²) in [6, 6.07) is 7.54. The van der Waals surface area contributed by atoms with E-state index in [1.165, 1.54) is 24.4 Å². The number of carboxylic acids is 1. The zero-order valence-electron chi connectivity index (χ0n) is 10.8. The van der Waals surface area contributed by atoms with Gasteiger partial charge >= 0.3 is 5.97 Å². The minimum absolute atomic E-state index is 0.164. The Bertz CT molecular complexity index is 704. The van der Waals surface area contributed by atoms with Crippen molar-refractivity contribution in [3.63, 3.8) is 0 Å². The van der Waals surface area contributed by atoms with Crippen molar-refractivity contribution in [2.24, 2.45) is 5.73 Å². The maximum atomic E-state index is 11.0. The fourth-order valence-electron chi connectivity index (χ4n) is 1.71. The number of carboxylic acid groups (broad SMARTS) is 1. The molecule has 0 aliphatic rings. The number of aromatic nitrogens is 1. The molecule has 0 fully saturated rings. The molecule has 2 rings (SSSR count). The first-order chi connectivity index (χ1) is 9.97. The van der Waals surface area contributed by atoms with Gasteiger partial charge in [0.2, 0.25) is 5.91 Å². The molecule has 108 valence electrons. The second kappa shape index (κ2) is 6.23. The molecule has 0 saturated heterocycles. The van der Waals surface area contributed by atoms with Crippen molar-refractivity contribution in [3.05, 3.63) is 58.4 Å². The van der Waals surface area contributed by atoms with Crippen LogP contribution in [-0.4, -0.2) is 22.0 Å². The van der Waals surface area contributed by atoms with Gasteiger partial charge in [0.05, 0.1) is 28.5 Å². The molecular weight excluding hydrogens is 294 g/mol. The second-order valence-corrected chi connectivity index (χ2v) is 4.66. The third-order valence-electron chi connectivity index (χ3n) is 2.78. The molecule has 0 atom stereocenters. The van der Waals surface area contributed by atoms with Crippen LogP contribution in [0.1, 0.15) is 26.4 Å². The number of rotatable bonds is 5. The molecule has 0 bridgehead atoms. The molecule has 1 amide bonds. The summed E-state index contributed by atoms with van der Waals surface area (Å²) >= 11 is 6.04. The van der Waals surface area contributed by atoms with Gasteiger partial charge in [-0.15, -0.1) is 0 Å². The Balaban J connectivity index is 2.11. The van der Waals surface area contributed by atoms with E-state index in [9.17, 15) is 9.59 Å². The highest BCUT2D eigenvalue weighted by molar-refractivity contribution is 6.33. The normalized spacial score (nSPS) is 10.1. The number of primary amides is 1. The van der Waals surface area contributed by atoms with Crippen LogP contribution in [0.2, 0.25) is 5.02 Å². The highest BCUT2D eigenvalue weighted by Crippen LogP contribution is 2.23. The predicted molar refractivity (Wildman–Crippen MR) is 78.5 cm³/mol. The largest absolute Gasteiger partial charge is 0.478 e. The monoisotopic (exact) mass is 305 g/mol. The van der Waals surface area contributed by atoms with E-state index in [-0.39, 0.29) is 5.56 Å². The van der Waals surface area contributed by atoms with E-state index in [0.717, 1.165) is 0 Å². The van der Waals surface area contributed by atoms with Crippen molar-refractivity contribution >= 4 is 29.2 Å². The third kappa shape index (κ3) is 3.70. The highest BCUT2D eigenvalue weighted by Gasteiger charge is 2.07. The lowest BCUT2D eigenvalue weighted by Crippen LogP contribution is -2.11. The Morgan fingerprint density at radius 1 is 1.24 bits per heavy atom. The van der Waals surface area contributed by atoms with Gasteiger partial charge in [0.15, 0.2) is 0 Å². The summed E-state index contributed by atoms with van der Waals surface area (Å²) in [5, 5.41) is 12.3. The van der Waals surface area contributed by atoms with Crippen molar-refractivity contribution in [1.29, 1.82) is 0 Å². The quantitative estimate of drug-likeness (QED) is 0.785. The molecule has 7 heteroatoms. The number of nitrogens with two attached hydrogens (primary N) is 1. The van der Waals surface area contributed by atoms with E-state index in [2.05, 4.69) is 10.3 Å². The summed E-state index contributed by atoms with van der Waals surface area (Å²) < 4.78 is 0. The zero-order chi connectivity index (χ0) is 15.4. The van der Waals surface area contributed by atoms with Gasteiger partial charge in [0.1, 0.15) is 0 Å². The fraction of sp³-hybridized carbons (Fsp3) is 0.0714. The molecule has 0 unspecified atom stereocenters. The van der Waals surface area contributed by atoms with E-state index in [4.69, 9.17) is 22.4 Å². The first-order valence-corrected chi connectivity index (χ1v) is 6.36. The smallest absolute Gasteiger partial charge is 0.335 e. The van der Waals surface area contributed by atoms with E-state index >= 15 is 0 Å². The van der Waals surface area contributed by atoms with Gasteiger partial charge in [-0.25, -0.2) is 4.79 Å². The molecule has 4 N–H and O–H groups in total. The van der Waals surface area contributed by atoms with Crippen molar-refractivity contribution in [1.82, 2.24) is 4.98 Å². The minimum Gasteiger partial charge on any atom is -0.478 e. The summed E-state index contributed by atoms with van der Waals surface area (Å²) in [7, 11) is 0. The molecule has 6 nitrogen and oxygen atoms in total. The minimum atomic E-state index is -1.01. The number of hydrogen-bond acceptors (Lipinski definition) is 4. The van der Waals surface area contributed by atoms with Crippen LogP contribution in [0.15, 0.2) is 36.5 Å². The number of anilines is 1. The lowest BCUT2D eigenvalue weighted by Gasteiger charge is -2.09. The number of hydrogen-bond donors (Lipinski definition) is 3. The van der Waals surface area contributed by atoms with Crippen molar-refractivity contribution in [2.45, 2.75) is 6.54 Å². The number of benzene rings is 1. The van der Waals surface area contributed by atoms with E-state index in [1.807, 2.05) is 0 Å². The van der Waals surface area contributed by atoms with Crippen LogP contribution in [0.4, 0.5) is 5.69 Å². The van der Waals surface area contributed by atoms with E-state index < -0.39 is 11.9 Å². The Morgan fingerprint density at radius 2 is 2.00 bits per heavy atom. The molecule has 1 aromatic carbocycles. The molecule has 0 aliphatic heterocycles. The van der Waals surface area contributed by atoms with Crippen LogP contribution in [-0.2, 0) is 6.54 Å². The van der Waals surface area contributed by atoms with Gasteiger partial charge in [-0.05, 0) is 30.3 Å². The summed E-state index contributed by atoms with van der Waals surface area (Å²) in [6.45, 7) is 0.302. The molecular formula is C14H12ClN3O3. The number of amides is 1. The van der Waals surface area contributed by atoms with Crippen molar-refractivity contribution < 1.29 is 14.7 Å². The zero-order valence-corrected chi connectivity index (χ0v) is 11.6. The SMILES string of the molecule is NC(=O)c1ccc(NCc2cc(C(=O)O)ccn2)c(Cl)c1. The first-order valence-electron chi connectivity index (χ1n) is 5.99. The second-order valence-electron chi connectivity index (χ2n) is 4.25. The Labute approximate surface area is 125 Å². The molecule has 0 radical (unpaired) electrons. The molecule has 1 heterocycles. The van der Waals surface area contributed by atoms with Gasteiger partial charge in [-0.2, -0.15) is 0 Å². The van der Waals surface area contributed by atoms with Gasteiger partial charge < -0.3 is 16.2 Å². The fourth-order valence-corrected chi connectivity index (χ4v) is 1.95. The van der Waals surface area contributed by atoms with Gasteiger partial charge in [-0.3, -0.25) is 9.78 Å². The number of carbonyl (C=O) groups is 2. The molecule has 0 aliphatic carbocycles. The first kappa shape index (κ1) is 14.8. The highest BCUT2D eigenvalue weighted by atomic mass is 35.5. The Hall–Kier alpha value is -2.60. The maximum Gasteiger partial charge on any atom is 0.335 e. The molecule has 1 aromatic heterocycles. The van der Waals surface area contributed by atoms with Crippen LogP contribution in [0, 0.1) is 0 Å². The van der Waals surface area contributed by atoms with Crippen molar-refractivity contribution in [3.8, 4) is 0 Å². The number of halogens is 1. The number of nitrogens with one attached hydrogen (secondary N) is 1. The maximum absolute atomic E-state index is 11.0. The lowest BCUT2D eigenvalue weighted by molar-refractivity contribution is 0.0696. The summed E-state index contributed by atoms with van der Waals surface area (Å²) in [6.07, 6.45) is 1.43. The topological polar surface area (TPSA) is 105 Å². The predicted octanol–water partition coefficient (Wildman–Crippen LogP) is 2.14. The number of aromatic carboxylic acids is 1. The van der Waals surface area contributed by atoms with Crippen molar-refractivity contribution in [2.75, 3.05) is 5.32 Å². The van der Waals surface area contributed by atoms with E-state index in [0.29, 0.717) is 28.5 Å². The standard InChI is InChI=1S/C14H12ClN3O3/c15-11-6-8(13(16)19)1-2-12(11)18-7-10-5-9(14(20)21)3-4-17-10/h1-6,18H,7H2,(H2,16,19)(H,20,21). The van der Waals surface area contributed by atoms with Crippen LogP contribution < -0.4 is 11.1 Å². The van der Waals surface area contributed by atoms with E-state index in [1.54, 1.807) is 12.1 Å². The molecule has 0 saturated carbocycles. The summed E-state index contributed by atoms with van der Waals surface area (Å²) in [5.74, 6) is -1.57. The van der Waals surface area contributed by atoms with Gasteiger partial charge in [-0.1, -0.05) is 11.6 Å². The molecule has 21 heavy (non-hydrogen) atoms. The Kier molecular flexibility index (Phi) is 4.39. The summed E-state index contributed by atoms with van der Waals surface area (Å²) in [5.41, 5.74) is 6.80. The number of carbonyl (C=O) groups excluding carboxylic acids is 1. The average Bonchev–Trinajstić information content (AvgIpc) is 2.46. The van der Waals surface area contributed by atoms with Gasteiger partial charge in [0.25, 0.3) is 0 Å². The average molecular weight is 306 g/mol. The molecule has 2 aromatic rings. The Morgan fingerprint density at radius 3 is 2.62 bits per heavy atom. The third-order valence-corrected chi connectivity index (χ3v) is 3.09. The number of pyridine rings is 1. The lowest BCUT2D eigenvalue weighted by atomic mass is 10.2. The van der Waals surface area contributed by atoms with Crippen LogP contribution >= 0.6 is 11.6 Å². The van der Waals surface area contributed by atoms with Crippen LogP contribution in [0.5, 0.6) is 0 Å². The summed E-state index contributed by atoms with van der Waals surface area (Å²) in [4.78, 5) is 26.0. The number of nitrogens with zero attached hydrogens (tertiary/aromatic N) is 1. The van der Waals surface area contributed by atoms with Crippen LogP contribution in [0.3, 0.4) is 0 Å². The van der Waals surface area contributed by atoms with Gasteiger partial charge in [0, 0.05) is 11.8 Å². The molecule has 0 spiro atoms.